The minimum Gasteiger partial charge on any atom is -0.465 e. The lowest BCUT2D eigenvalue weighted by atomic mass is 10.1. The van der Waals surface area contributed by atoms with Crippen LogP contribution in [-0.2, 0) is 9.53 Å². The molecule has 1 fully saturated rings. The zero-order valence-electron chi connectivity index (χ0n) is 15.7. The average Bonchev–Trinajstić information content (AvgIpc) is 3.10. The van der Waals surface area contributed by atoms with Gasteiger partial charge in [0, 0.05) is 30.7 Å². The van der Waals surface area contributed by atoms with E-state index in [1.165, 1.54) is 6.08 Å². The highest BCUT2D eigenvalue weighted by Crippen LogP contribution is 2.23. The summed E-state index contributed by atoms with van der Waals surface area (Å²) in [5, 5.41) is 3.68. The second-order valence-corrected chi connectivity index (χ2v) is 7.11. The molecule has 1 amide bonds. The number of ether oxygens (including phenoxy) is 1. The summed E-state index contributed by atoms with van der Waals surface area (Å²) in [4.78, 5) is 14.6. The number of benzene rings is 1. The maximum absolute atomic E-state index is 12.3. The lowest BCUT2D eigenvalue weighted by Gasteiger charge is -2.33. The maximum Gasteiger partial charge on any atom is 0.244 e. The third-order valence-corrected chi connectivity index (χ3v) is 5.08. The first-order valence-electron chi connectivity index (χ1n) is 9.13. The standard InChI is InChI=1S/C21H25ClN2O3/c1-15-3-5-17(13-18(15)22)6-8-21(25)23-14-19(20-7-4-16(2)27-20)24-9-11-26-12-10-24/h3-8,13,19H,9-12,14H2,1-2H3,(H,23,25)/b8-6+. The summed E-state index contributed by atoms with van der Waals surface area (Å²) in [5.74, 6) is 1.59. The molecule has 6 heteroatoms. The molecule has 1 unspecified atom stereocenters. The number of nitrogens with zero attached hydrogens (tertiary/aromatic N) is 1. The van der Waals surface area contributed by atoms with Gasteiger partial charge in [0.05, 0.1) is 19.3 Å². The fourth-order valence-electron chi connectivity index (χ4n) is 3.07. The Labute approximate surface area is 164 Å². The number of amides is 1. The van der Waals surface area contributed by atoms with Gasteiger partial charge in [0.25, 0.3) is 0 Å². The molecule has 27 heavy (non-hydrogen) atoms. The van der Waals surface area contributed by atoms with Crippen molar-refractivity contribution in [2.24, 2.45) is 0 Å². The number of rotatable bonds is 6. The monoisotopic (exact) mass is 388 g/mol. The molecule has 5 nitrogen and oxygen atoms in total. The molecule has 3 rings (SSSR count). The summed E-state index contributed by atoms with van der Waals surface area (Å²) < 4.78 is 11.3. The van der Waals surface area contributed by atoms with E-state index >= 15 is 0 Å². The zero-order valence-corrected chi connectivity index (χ0v) is 16.5. The molecule has 1 saturated heterocycles. The Hall–Kier alpha value is -2.08. The number of halogens is 1. The van der Waals surface area contributed by atoms with Gasteiger partial charge in [-0.1, -0.05) is 23.7 Å². The molecule has 144 valence electrons. The van der Waals surface area contributed by atoms with Crippen molar-refractivity contribution in [3.63, 3.8) is 0 Å². The van der Waals surface area contributed by atoms with E-state index in [9.17, 15) is 4.79 Å². The fraction of sp³-hybridized carbons (Fsp3) is 0.381. The SMILES string of the molecule is Cc1ccc(C(CNC(=O)/C=C/c2ccc(C)c(Cl)c2)N2CCOCC2)o1. The second kappa shape index (κ2) is 9.22. The molecule has 2 heterocycles. The summed E-state index contributed by atoms with van der Waals surface area (Å²) >= 11 is 6.13. The van der Waals surface area contributed by atoms with Crippen molar-refractivity contribution in [3.8, 4) is 0 Å². The number of nitrogens with one attached hydrogen (secondary N) is 1. The number of carbonyl (C=O) groups is 1. The van der Waals surface area contributed by atoms with E-state index in [0.717, 1.165) is 35.7 Å². The summed E-state index contributed by atoms with van der Waals surface area (Å²) in [6, 6.07) is 9.65. The molecule has 1 N–H and O–H groups in total. The van der Waals surface area contributed by atoms with Crippen molar-refractivity contribution >= 4 is 23.6 Å². The van der Waals surface area contributed by atoms with E-state index in [0.29, 0.717) is 24.8 Å². The highest BCUT2D eigenvalue weighted by molar-refractivity contribution is 6.31. The van der Waals surface area contributed by atoms with E-state index in [1.54, 1.807) is 6.08 Å². The lowest BCUT2D eigenvalue weighted by molar-refractivity contribution is -0.116. The molecule has 1 atom stereocenters. The maximum atomic E-state index is 12.3. The number of hydrogen-bond donors (Lipinski definition) is 1. The van der Waals surface area contributed by atoms with Crippen LogP contribution in [0.2, 0.25) is 5.02 Å². The number of aryl methyl sites for hydroxylation is 2. The Morgan fingerprint density at radius 2 is 2.04 bits per heavy atom. The molecule has 0 radical (unpaired) electrons. The van der Waals surface area contributed by atoms with Crippen LogP contribution in [0.5, 0.6) is 0 Å². The lowest BCUT2D eigenvalue weighted by Crippen LogP contribution is -2.43. The first-order valence-corrected chi connectivity index (χ1v) is 9.51. The van der Waals surface area contributed by atoms with Gasteiger partial charge >= 0.3 is 0 Å². The molecular formula is C21H25ClN2O3. The van der Waals surface area contributed by atoms with E-state index in [4.69, 9.17) is 20.8 Å². The van der Waals surface area contributed by atoms with Gasteiger partial charge in [0.2, 0.25) is 5.91 Å². The summed E-state index contributed by atoms with van der Waals surface area (Å²) in [6.07, 6.45) is 3.30. The van der Waals surface area contributed by atoms with Crippen molar-refractivity contribution in [1.82, 2.24) is 10.2 Å². The topological polar surface area (TPSA) is 54.7 Å². The zero-order chi connectivity index (χ0) is 19.2. The van der Waals surface area contributed by atoms with Crippen LogP contribution in [0.1, 0.15) is 28.7 Å². The molecule has 0 spiro atoms. The summed E-state index contributed by atoms with van der Waals surface area (Å²) in [6.45, 7) is 7.37. The van der Waals surface area contributed by atoms with E-state index in [2.05, 4.69) is 10.2 Å². The van der Waals surface area contributed by atoms with Crippen molar-refractivity contribution in [3.05, 3.63) is 64.1 Å². The summed E-state index contributed by atoms with van der Waals surface area (Å²) in [5.41, 5.74) is 1.91. The van der Waals surface area contributed by atoms with Gasteiger partial charge in [-0.25, -0.2) is 0 Å². The smallest absolute Gasteiger partial charge is 0.244 e. The fourth-order valence-corrected chi connectivity index (χ4v) is 3.26. The van der Waals surface area contributed by atoms with Crippen molar-refractivity contribution in [2.45, 2.75) is 19.9 Å². The van der Waals surface area contributed by atoms with Crippen molar-refractivity contribution in [1.29, 1.82) is 0 Å². The van der Waals surface area contributed by atoms with Gasteiger partial charge in [-0.3, -0.25) is 9.69 Å². The third-order valence-electron chi connectivity index (χ3n) is 4.67. The molecular weight excluding hydrogens is 364 g/mol. The van der Waals surface area contributed by atoms with Crippen LogP contribution in [0.15, 0.2) is 40.8 Å². The first-order chi connectivity index (χ1) is 13.0. The minimum absolute atomic E-state index is 0.00577. The highest BCUT2D eigenvalue weighted by atomic mass is 35.5. The van der Waals surface area contributed by atoms with Crippen LogP contribution in [0.4, 0.5) is 0 Å². The van der Waals surface area contributed by atoms with Crippen LogP contribution in [0, 0.1) is 13.8 Å². The quantitative estimate of drug-likeness (QED) is 0.765. The predicted molar refractivity (Wildman–Crippen MR) is 107 cm³/mol. The van der Waals surface area contributed by atoms with Crippen molar-refractivity contribution < 1.29 is 13.9 Å². The van der Waals surface area contributed by atoms with Gasteiger partial charge in [-0.05, 0) is 49.2 Å². The van der Waals surface area contributed by atoms with Gasteiger partial charge in [-0.15, -0.1) is 0 Å². The predicted octanol–water partition coefficient (Wildman–Crippen LogP) is 3.75. The van der Waals surface area contributed by atoms with Crippen LogP contribution >= 0.6 is 11.6 Å². The van der Waals surface area contributed by atoms with E-state index < -0.39 is 0 Å². The van der Waals surface area contributed by atoms with Crippen LogP contribution in [0.3, 0.4) is 0 Å². The molecule has 1 aliphatic rings. The summed E-state index contributed by atoms with van der Waals surface area (Å²) in [7, 11) is 0. The molecule has 0 bridgehead atoms. The Morgan fingerprint density at radius 1 is 1.26 bits per heavy atom. The average molecular weight is 389 g/mol. The number of hydrogen-bond acceptors (Lipinski definition) is 4. The van der Waals surface area contributed by atoms with Crippen molar-refractivity contribution in [2.75, 3.05) is 32.8 Å². The van der Waals surface area contributed by atoms with Gasteiger partial charge in [-0.2, -0.15) is 0 Å². The largest absolute Gasteiger partial charge is 0.465 e. The first kappa shape index (κ1) is 19.7. The third kappa shape index (κ3) is 5.45. The normalized spacial score (nSPS) is 16.6. The molecule has 1 aromatic heterocycles. The number of carbonyl (C=O) groups excluding carboxylic acids is 1. The highest BCUT2D eigenvalue weighted by Gasteiger charge is 2.25. The number of morpholine rings is 1. The molecule has 2 aromatic rings. The van der Waals surface area contributed by atoms with Gasteiger partial charge < -0.3 is 14.5 Å². The van der Waals surface area contributed by atoms with E-state index in [1.807, 2.05) is 44.2 Å². The Bertz CT molecular complexity index is 810. The van der Waals surface area contributed by atoms with Gasteiger partial charge in [0.1, 0.15) is 11.5 Å². The Morgan fingerprint density at radius 3 is 2.70 bits per heavy atom. The van der Waals surface area contributed by atoms with Crippen LogP contribution < -0.4 is 5.32 Å². The van der Waals surface area contributed by atoms with Crippen LogP contribution in [0.25, 0.3) is 6.08 Å². The van der Waals surface area contributed by atoms with Crippen LogP contribution in [-0.4, -0.2) is 43.7 Å². The molecule has 0 aliphatic carbocycles. The van der Waals surface area contributed by atoms with Gasteiger partial charge in [0.15, 0.2) is 0 Å². The Balaban J connectivity index is 1.62. The van der Waals surface area contributed by atoms with E-state index in [-0.39, 0.29) is 11.9 Å². The second-order valence-electron chi connectivity index (χ2n) is 6.70. The Kier molecular flexibility index (Phi) is 6.72. The molecule has 0 saturated carbocycles. The molecule has 1 aromatic carbocycles. The number of furan rings is 1. The minimum atomic E-state index is -0.145. The molecule has 1 aliphatic heterocycles.